The van der Waals surface area contributed by atoms with Crippen molar-refractivity contribution >= 4 is 5.91 Å². The molecule has 5 rings (SSSR count). The molecule has 1 amide bonds. The Hall–Kier alpha value is -4.11. The Labute approximate surface area is 219 Å². The van der Waals surface area contributed by atoms with Crippen LogP contribution in [0.4, 0.5) is 8.78 Å². The van der Waals surface area contributed by atoms with Gasteiger partial charge in [-0.1, -0.05) is 38.1 Å². The average molecular weight is 519 g/mol. The van der Waals surface area contributed by atoms with Crippen molar-refractivity contribution < 1.29 is 23.4 Å². The van der Waals surface area contributed by atoms with E-state index in [1.165, 1.54) is 15.1 Å². The van der Waals surface area contributed by atoms with Crippen molar-refractivity contribution in [3.63, 3.8) is 0 Å². The van der Waals surface area contributed by atoms with Gasteiger partial charge >= 0.3 is 0 Å². The minimum absolute atomic E-state index is 0.0775. The highest BCUT2D eigenvalue weighted by atomic mass is 19.1. The molecule has 196 valence electrons. The number of aliphatic hydroxyl groups is 1. The van der Waals surface area contributed by atoms with Crippen molar-refractivity contribution in [1.29, 1.82) is 0 Å². The van der Waals surface area contributed by atoms with Gasteiger partial charge in [0.05, 0.1) is 13.2 Å². The van der Waals surface area contributed by atoms with Gasteiger partial charge in [0, 0.05) is 48.2 Å². The second-order valence-corrected chi connectivity index (χ2v) is 9.49. The first-order chi connectivity index (χ1) is 18.4. The van der Waals surface area contributed by atoms with E-state index in [1.54, 1.807) is 24.5 Å². The van der Waals surface area contributed by atoms with Crippen LogP contribution in [-0.4, -0.2) is 50.4 Å². The molecule has 0 saturated carbocycles. The van der Waals surface area contributed by atoms with Crippen molar-refractivity contribution in [2.75, 3.05) is 19.7 Å². The molecule has 1 aliphatic rings. The number of hydrogen-bond donors (Lipinski definition) is 1. The molecule has 0 saturated heterocycles. The number of fused-ring (bicyclic) bond motifs is 1. The number of ether oxygens (including phenoxy) is 1. The number of hydrogen-bond acceptors (Lipinski definition) is 5. The van der Waals surface area contributed by atoms with Gasteiger partial charge in [-0.25, -0.2) is 8.78 Å². The topological polar surface area (TPSA) is 80.5 Å². The van der Waals surface area contributed by atoms with Crippen molar-refractivity contribution in [1.82, 2.24) is 19.7 Å². The van der Waals surface area contributed by atoms with Crippen LogP contribution in [0, 0.1) is 11.6 Å². The maximum Gasteiger partial charge on any atom is 0.272 e. The number of nitrogens with zero attached hydrogens (tertiary/aromatic N) is 4. The highest BCUT2D eigenvalue weighted by molar-refractivity contribution is 6.03. The average Bonchev–Trinajstić information content (AvgIpc) is 3.31. The highest BCUT2D eigenvalue weighted by Gasteiger charge is 2.33. The number of carbonyl (C=O) groups is 1. The van der Waals surface area contributed by atoms with E-state index in [0.717, 1.165) is 17.7 Å². The summed E-state index contributed by atoms with van der Waals surface area (Å²) >= 11 is 0. The molecule has 1 aliphatic heterocycles. The van der Waals surface area contributed by atoms with E-state index in [1.807, 2.05) is 24.3 Å². The number of amides is 1. The molecule has 3 heterocycles. The second-order valence-electron chi connectivity index (χ2n) is 9.49. The Morgan fingerprint density at radius 3 is 2.45 bits per heavy atom. The largest absolute Gasteiger partial charge is 0.486 e. The maximum absolute atomic E-state index is 15.6. The summed E-state index contributed by atoms with van der Waals surface area (Å²) in [6.07, 6.45) is 3.14. The summed E-state index contributed by atoms with van der Waals surface area (Å²) in [5, 5.41) is 14.0. The number of pyridine rings is 1. The summed E-state index contributed by atoms with van der Waals surface area (Å²) in [5.41, 5.74) is 3.21. The van der Waals surface area contributed by atoms with Crippen molar-refractivity contribution in [2.24, 2.45) is 0 Å². The smallest absolute Gasteiger partial charge is 0.272 e. The maximum atomic E-state index is 15.6. The lowest BCUT2D eigenvalue weighted by atomic mass is 9.97. The van der Waals surface area contributed by atoms with Gasteiger partial charge in [0.25, 0.3) is 5.91 Å². The summed E-state index contributed by atoms with van der Waals surface area (Å²) in [6.45, 7) is 4.92. The molecular formula is C29H28F2N4O3. The number of rotatable bonds is 8. The molecule has 0 spiro atoms. The summed E-state index contributed by atoms with van der Waals surface area (Å²) < 4.78 is 38.1. The van der Waals surface area contributed by atoms with E-state index in [-0.39, 0.29) is 42.3 Å². The van der Waals surface area contributed by atoms with Gasteiger partial charge in [0.1, 0.15) is 23.8 Å². The van der Waals surface area contributed by atoms with Gasteiger partial charge in [0.15, 0.2) is 11.6 Å². The molecule has 9 heteroatoms. The fourth-order valence-corrected chi connectivity index (χ4v) is 4.60. The minimum atomic E-state index is -0.753. The molecule has 2 aromatic heterocycles. The number of halogens is 2. The zero-order valence-electron chi connectivity index (χ0n) is 21.2. The summed E-state index contributed by atoms with van der Waals surface area (Å²) in [7, 11) is 0. The van der Waals surface area contributed by atoms with Crippen LogP contribution in [0.5, 0.6) is 5.75 Å². The first-order valence-corrected chi connectivity index (χ1v) is 12.5. The van der Waals surface area contributed by atoms with Crippen LogP contribution >= 0.6 is 0 Å². The predicted octanol–water partition coefficient (Wildman–Crippen LogP) is 5.04. The third kappa shape index (κ3) is 4.89. The number of aromatic nitrogens is 3. The lowest BCUT2D eigenvalue weighted by Crippen LogP contribution is -2.42. The molecule has 0 bridgehead atoms. The molecule has 0 unspecified atom stereocenters. The summed E-state index contributed by atoms with van der Waals surface area (Å²) in [6, 6.07) is 13.2. The van der Waals surface area contributed by atoms with Crippen molar-refractivity contribution in [3.8, 4) is 28.1 Å². The van der Waals surface area contributed by atoms with Crippen LogP contribution in [0.1, 0.15) is 41.4 Å². The second kappa shape index (κ2) is 10.7. The van der Waals surface area contributed by atoms with E-state index in [4.69, 9.17) is 4.74 Å². The summed E-state index contributed by atoms with van der Waals surface area (Å²) in [4.78, 5) is 18.8. The lowest BCUT2D eigenvalue weighted by Gasteiger charge is -2.27. The first-order valence-electron chi connectivity index (χ1n) is 12.5. The standard InChI is InChI=1S/C29H28F2N4O3/c1-18(2)20-5-3-19(4-6-20)17-38-25-16-23(30)22(15-24(25)31)26-27(21-7-9-32-10-8-21)33-35-12-11-34(13-14-36)29(37)28(26)35/h3-10,15-16,18,36H,11-14,17H2,1-2H3. The third-order valence-corrected chi connectivity index (χ3v) is 6.68. The molecule has 1 N–H and O–H groups in total. The number of β-amino-alcohol motifs (C(OH)–C–C–N with tert-alkyl or cyclic N) is 1. The molecule has 38 heavy (non-hydrogen) atoms. The molecule has 0 aliphatic carbocycles. The quantitative estimate of drug-likeness (QED) is 0.354. The summed E-state index contributed by atoms with van der Waals surface area (Å²) in [5.74, 6) is -1.73. The van der Waals surface area contributed by atoms with E-state index in [9.17, 15) is 9.90 Å². The van der Waals surface area contributed by atoms with Crippen LogP contribution in [0.15, 0.2) is 60.9 Å². The fourth-order valence-electron chi connectivity index (χ4n) is 4.60. The van der Waals surface area contributed by atoms with Gasteiger partial charge in [-0.15, -0.1) is 0 Å². The third-order valence-electron chi connectivity index (χ3n) is 6.68. The van der Waals surface area contributed by atoms with E-state index in [0.29, 0.717) is 30.3 Å². The first kappa shape index (κ1) is 25.5. The van der Waals surface area contributed by atoms with Crippen LogP contribution in [-0.2, 0) is 13.2 Å². The van der Waals surface area contributed by atoms with Gasteiger partial charge in [0.2, 0.25) is 0 Å². The van der Waals surface area contributed by atoms with E-state index in [2.05, 4.69) is 23.9 Å². The Balaban J connectivity index is 1.53. The lowest BCUT2D eigenvalue weighted by molar-refractivity contribution is 0.0662. The van der Waals surface area contributed by atoms with Crippen LogP contribution in [0.3, 0.4) is 0 Å². The van der Waals surface area contributed by atoms with Gasteiger partial charge in [-0.2, -0.15) is 5.10 Å². The monoisotopic (exact) mass is 518 g/mol. The van der Waals surface area contributed by atoms with Gasteiger partial charge < -0.3 is 14.7 Å². The normalized spacial score (nSPS) is 13.2. The van der Waals surface area contributed by atoms with Crippen LogP contribution < -0.4 is 4.74 Å². The van der Waals surface area contributed by atoms with Gasteiger partial charge in [-0.05, 0) is 35.2 Å². The zero-order chi connectivity index (χ0) is 26.8. The molecule has 0 radical (unpaired) electrons. The fraction of sp³-hybridized carbons (Fsp3) is 0.276. The zero-order valence-corrected chi connectivity index (χ0v) is 21.2. The van der Waals surface area contributed by atoms with E-state index < -0.39 is 17.5 Å². The predicted molar refractivity (Wildman–Crippen MR) is 139 cm³/mol. The number of carbonyl (C=O) groups excluding carboxylic acids is 1. The van der Waals surface area contributed by atoms with Crippen molar-refractivity contribution in [3.05, 3.63) is 89.4 Å². The molecule has 0 fully saturated rings. The Bertz CT molecular complexity index is 1450. The molecular weight excluding hydrogens is 490 g/mol. The Morgan fingerprint density at radius 1 is 1.03 bits per heavy atom. The van der Waals surface area contributed by atoms with Gasteiger partial charge in [-0.3, -0.25) is 14.5 Å². The molecule has 4 aromatic rings. The SMILES string of the molecule is CC(C)c1ccc(COc2cc(F)c(-c3c(-c4ccncc4)nn4c3C(=O)N(CCO)CC4)cc2F)cc1. The van der Waals surface area contributed by atoms with Crippen molar-refractivity contribution in [2.45, 2.75) is 32.9 Å². The Morgan fingerprint density at radius 2 is 1.76 bits per heavy atom. The van der Waals surface area contributed by atoms with E-state index >= 15 is 8.78 Å². The number of aliphatic hydroxyl groups excluding tert-OH is 1. The molecule has 2 aromatic carbocycles. The van der Waals surface area contributed by atoms with Crippen LogP contribution in [0.2, 0.25) is 0 Å². The van der Waals surface area contributed by atoms with Crippen LogP contribution in [0.25, 0.3) is 22.4 Å². The minimum Gasteiger partial charge on any atom is -0.486 e. The molecule has 0 atom stereocenters. The molecule has 7 nitrogen and oxygen atoms in total. The highest BCUT2D eigenvalue weighted by Crippen LogP contribution is 2.39. The number of benzene rings is 2. The Kier molecular flexibility index (Phi) is 7.20.